The normalized spacial score (nSPS) is 11.5. The lowest BCUT2D eigenvalue weighted by Gasteiger charge is -2.13. The van der Waals surface area contributed by atoms with Crippen molar-refractivity contribution in [3.8, 4) is 0 Å². The number of carbonyl (C=O) groups is 1. The van der Waals surface area contributed by atoms with E-state index >= 15 is 0 Å². The summed E-state index contributed by atoms with van der Waals surface area (Å²) in [7, 11) is -3.97. The van der Waals surface area contributed by atoms with Crippen LogP contribution in [0.3, 0.4) is 0 Å². The maximum Gasteiger partial charge on any atom is 0.335 e. The molecule has 0 heterocycles. The molecular weight excluding hydrogens is 422 g/mol. The van der Waals surface area contributed by atoms with E-state index in [1.807, 2.05) is 0 Å². The number of amidine groups is 1. The van der Waals surface area contributed by atoms with Gasteiger partial charge in [-0.15, -0.1) is 4.40 Å². The lowest BCUT2D eigenvalue weighted by atomic mass is 10.2. The minimum Gasteiger partial charge on any atom is -0.478 e. The Morgan fingerprint density at radius 2 is 1.40 bits per heavy atom. The van der Waals surface area contributed by atoms with Crippen LogP contribution in [0.25, 0.3) is 0 Å². The molecule has 0 aliphatic carbocycles. The van der Waals surface area contributed by atoms with Gasteiger partial charge in [0.1, 0.15) is 0 Å². The Hall–Kier alpha value is -3.56. The maximum atomic E-state index is 12.7. The first-order valence-electron chi connectivity index (χ1n) is 8.72. The SMILES string of the molecule is O=C(O)c1ccc(NC(=S)NC(=NS(=O)(=O)c2ccccc2)c2ccccc2)cc1. The van der Waals surface area contributed by atoms with Crippen LogP contribution in [-0.2, 0) is 10.0 Å². The van der Waals surface area contributed by atoms with Crippen LogP contribution in [0.15, 0.2) is 94.2 Å². The van der Waals surface area contributed by atoms with Crippen LogP contribution in [0.2, 0.25) is 0 Å². The zero-order valence-electron chi connectivity index (χ0n) is 15.5. The van der Waals surface area contributed by atoms with Crippen LogP contribution in [-0.4, -0.2) is 30.4 Å². The molecule has 0 saturated heterocycles. The molecule has 3 rings (SSSR count). The second-order valence-electron chi connectivity index (χ2n) is 6.06. The summed E-state index contributed by atoms with van der Waals surface area (Å²) in [5.41, 5.74) is 1.21. The molecule has 0 saturated carbocycles. The van der Waals surface area contributed by atoms with Gasteiger partial charge in [-0.05, 0) is 48.6 Å². The van der Waals surface area contributed by atoms with Crippen LogP contribution >= 0.6 is 12.2 Å². The third kappa shape index (κ3) is 5.49. The number of thiocarbonyl (C=S) groups is 1. The number of rotatable bonds is 5. The van der Waals surface area contributed by atoms with Crippen molar-refractivity contribution in [3.63, 3.8) is 0 Å². The Morgan fingerprint density at radius 1 is 0.833 bits per heavy atom. The smallest absolute Gasteiger partial charge is 0.335 e. The third-order valence-electron chi connectivity index (χ3n) is 3.92. The van der Waals surface area contributed by atoms with E-state index in [1.54, 1.807) is 60.7 Å². The zero-order valence-corrected chi connectivity index (χ0v) is 17.2. The van der Waals surface area contributed by atoms with Crippen molar-refractivity contribution in [2.75, 3.05) is 5.32 Å². The first kappa shape index (κ1) is 21.2. The monoisotopic (exact) mass is 439 g/mol. The van der Waals surface area contributed by atoms with E-state index in [4.69, 9.17) is 17.3 Å². The van der Waals surface area contributed by atoms with Crippen molar-refractivity contribution in [3.05, 3.63) is 96.1 Å². The summed E-state index contributed by atoms with van der Waals surface area (Å²) >= 11 is 5.29. The molecule has 7 nitrogen and oxygen atoms in total. The molecule has 3 aromatic rings. The van der Waals surface area contributed by atoms with Gasteiger partial charge in [0, 0.05) is 11.3 Å². The van der Waals surface area contributed by atoms with E-state index in [2.05, 4.69) is 15.0 Å². The first-order valence-corrected chi connectivity index (χ1v) is 10.6. The molecule has 3 aromatic carbocycles. The highest BCUT2D eigenvalue weighted by Gasteiger charge is 2.16. The molecule has 30 heavy (non-hydrogen) atoms. The van der Waals surface area contributed by atoms with Gasteiger partial charge in [0.05, 0.1) is 10.5 Å². The number of hydrogen-bond acceptors (Lipinski definition) is 4. The summed E-state index contributed by atoms with van der Waals surface area (Å²) in [6.45, 7) is 0. The fourth-order valence-corrected chi connectivity index (χ4v) is 3.69. The fourth-order valence-electron chi connectivity index (χ4n) is 2.48. The summed E-state index contributed by atoms with van der Waals surface area (Å²) in [6, 6.07) is 22.5. The summed E-state index contributed by atoms with van der Waals surface area (Å²) in [5, 5.41) is 14.8. The number of aromatic carboxylic acids is 1. The van der Waals surface area contributed by atoms with E-state index in [1.165, 1.54) is 24.3 Å². The molecule has 0 atom stereocenters. The Labute approximate surface area is 179 Å². The first-order chi connectivity index (χ1) is 14.3. The van der Waals surface area contributed by atoms with Crippen molar-refractivity contribution in [2.45, 2.75) is 4.90 Å². The number of nitrogens with zero attached hydrogens (tertiary/aromatic N) is 1. The number of hydrogen-bond donors (Lipinski definition) is 3. The number of carboxylic acids is 1. The van der Waals surface area contributed by atoms with Crippen molar-refractivity contribution in [2.24, 2.45) is 4.40 Å². The lowest BCUT2D eigenvalue weighted by Crippen LogP contribution is -2.35. The van der Waals surface area contributed by atoms with E-state index in [9.17, 15) is 13.2 Å². The van der Waals surface area contributed by atoms with Gasteiger partial charge in [0.15, 0.2) is 10.9 Å². The van der Waals surface area contributed by atoms with Crippen molar-refractivity contribution < 1.29 is 18.3 Å². The van der Waals surface area contributed by atoms with Crippen LogP contribution in [0.4, 0.5) is 5.69 Å². The predicted molar refractivity (Wildman–Crippen MR) is 119 cm³/mol. The second-order valence-corrected chi connectivity index (χ2v) is 8.07. The van der Waals surface area contributed by atoms with Gasteiger partial charge in [-0.25, -0.2) is 4.79 Å². The van der Waals surface area contributed by atoms with Crippen LogP contribution < -0.4 is 10.6 Å². The summed E-state index contributed by atoms with van der Waals surface area (Å²) in [5.74, 6) is -0.981. The Kier molecular flexibility index (Phi) is 6.55. The fraction of sp³-hybridized carbons (Fsp3) is 0. The lowest BCUT2D eigenvalue weighted by molar-refractivity contribution is 0.0697. The molecule has 0 fully saturated rings. The number of anilines is 1. The summed E-state index contributed by atoms with van der Waals surface area (Å²) < 4.78 is 29.4. The second kappa shape index (κ2) is 9.29. The molecule has 0 radical (unpaired) electrons. The van der Waals surface area contributed by atoms with Crippen LogP contribution in [0, 0.1) is 0 Å². The highest BCUT2D eigenvalue weighted by Crippen LogP contribution is 2.14. The van der Waals surface area contributed by atoms with Crippen LogP contribution in [0.1, 0.15) is 15.9 Å². The van der Waals surface area contributed by atoms with E-state index in [0.717, 1.165) is 0 Å². The summed E-state index contributed by atoms with van der Waals surface area (Å²) in [4.78, 5) is 11.0. The van der Waals surface area contributed by atoms with Gasteiger partial charge in [-0.3, -0.25) is 0 Å². The molecule has 3 N–H and O–H groups in total. The largest absolute Gasteiger partial charge is 0.478 e. The Bertz CT molecular complexity index is 1180. The zero-order chi connectivity index (χ0) is 21.6. The molecule has 0 spiro atoms. The molecule has 0 amide bonds. The minimum atomic E-state index is -3.97. The third-order valence-corrected chi connectivity index (χ3v) is 5.42. The molecular formula is C21H17N3O4S2. The molecule has 9 heteroatoms. The predicted octanol–water partition coefficient (Wildman–Crippen LogP) is 3.51. The van der Waals surface area contributed by atoms with Gasteiger partial charge >= 0.3 is 5.97 Å². The minimum absolute atomic E-state index is 0.0547. The average Bonchev–Trinajstić information content (AvgIpc) is 2.75. The summed E-state index contributed by atoms with van der Waals surface area (Å²) in [6.07, 6.45) is 0. The number of sulfonamides is 1. The quantitative estimate of drug-likeness (QED) is 0.317. The van der Waals surface area contributed by atoms with E-state index in [-0.39, 0.29) is 21.4 Å². The van der Waals surface area contributed by atoms with Gasteiger partial charge in [-0.1, -0.05) is 48.5 Å². The molecule has 0 aliphatic rings. The number of nitrogens with one attached hydrogen (secondary N) is 2. The average molecular weight is 440 g/mol. The van der Waals surface area contributed by atoms with Gasteiger partial charge in [-0.2, -0.15) is 8.42 Å². The number of benzene rings is 3. The van der Waals surface area contributed by atoms with Crippen molar-refractivity contribution in [1.82, 2.24) is 5.32 Å². The van der Waals surface area contributed by atoms with Gasteiger partial charge in [0.2, 0.25) is 0 Å². The standard InChI is InChI=1S/C21H17N3O4S2/c25-20(26)16-11-13-17(14-12-16)22-21(29)23-19(15-7-3-1-4-8-15)24-30(27,28)18-9-5-2-6-10-18/h1-14H,(H,25,26)(H2,22,23,24,29). The molecule has 0 aromatic heterocycles. The van der Waals surface area contributed by atoms with Crippen molar-refractivity contribution in [1.29, 1.82) is 0 Å². The molecule has 152 valence electrons. The van der Waals surface area contributed by atoms with E-state index < -0.39 is 16.0 Å². The van der Waals surface area contributed by atoms with Gasteiger partial charge < -0.3 is 15.7 Å². The maximum absolute atomic E-state index is 12.7. The highest BCUT2D eigenvalue weighted by atomic mass is 32.2. The van der Waals surface area contributed by atoms with Crippen molar-refractivity contribution >= 4 is 44.8 Å². The highest BCUT2D eigenvalue weighted by molar-refractivity contribution is 7.90. The Balaban J connectivity index is 1.86. The van der Waals surface area contributed by atoms with Crippen LogP contribution in [0.5, 0.6) is 0 Å². The van der Waals surface area contributed by atoms with E-state index in [0.29, 0.717) is 11.3 Å². The molecule has 0 aliphatic heterocycles. The molecule has 0 bridgehead atoms. The topological polar surface area (TPSA) is 108 Å². The number of carboxylic acid groups (broad SMARTS) is 1. The van der Waals surface area contributed by atoms with Gasteiger partial charge in [0.25, 0.3) is 10.0 Å². The molecule has 0 unspecified atom stereocenters. The Morgan fingerprint density at radius 3 is 1.97 bits per heavy atom.